The predicted octanol–water partition coefficient (Wildman–Crippen LogP) is 6.78. The number of nitrogens with zero attached hydrogens (tertiary/aromatic N) is 2. The minimum absolute atomic E-state index is 0.0688. The Morgan fingerprint density at radius 2 is 2.00 bits per heavy atom. The van der Waals surface area contributed by atoms with E-state index in [-0.39, 0.29) is 5.91 Å². The Hall–Kier alpha value is -2.01. The van der Waals surface area contributed by atoms with Gasteiger partial charge in [0.05, 0.1) is 12.3 Å². The molecule has 1 aromatic carbocycles. The van der Waals surface area contributed by atoms with Crippen LogP contribution in [0.1, 0.15) is 87.3 Å². The molecule has 6 heteroatoms. The molecule has 188 valence electrons. The van der Waals surface area contributed by atoms with Gasteiger partial charge >= 0.3 is 0 Å². The van der Waals surface area contributed by atoms with Gasteiger partial charge in [0.25, 0.3) is 5.91 Å². The van der Waals surface area contributed by atoms with Crippen LogP contribution in [0.2, 0.25) is 0 Å². The van der Waals surface area contributed by atoms with Crippen LogP contribution in [-0.2, 0) is 13.0 Å². The molecule has 1 unspecified atom stereocenters. The van der Waals surface area contributed by atoms with Crippen LogP contribution in [-0.4, -0.2) is 34.7 Å². The fraction of sp³-hybridized carbons (Fsp3) is 0.643. The van der Waals surface area contributed by atoms with E-state index in [1.54, 1.807) is 0 Å². The van der Waals surface area contributed by atoms with Crippen LogP contribution in [0.5, 0.6) is 5.75 Å². The number of fused-ring (bicyclic) bond motifs is 3. The lowest BCUT2D eigenvalue weighted by Gasteiger charge is -2.16. The summed E-state index contributed by atoms with van der Waals surface area (Å²) in [5.74, 6) is 2.72. The summed E-state index contributed by atoms with van der Waals surface area (Å²) in [5, 5.41) is 8.03. The lowest BCUT2D eigenvalue weighted by atomic mass is 9.93. The molecule has 0 bridgehead atoms. The van der Waals surface area contributed by atoms with Crippen LogP contribution in [0.4, 0.5) is 0 Å². The van der Waals surface area contributed by atoms with Gasteiger partial charge < -0.3 is 10.1 Å². The van der Waals surface area contributed by atoms with E-state index >= 15 is 0 Å². The molecule has 2 aromatic rings. The van der Waals surface area contributed by atoms with Crippen molar-refractivity contribution in [2.24, 2.45) is 11.8 Å². The van der Waals surface area contributed by atoms with Gasteiger partial charge in [-0.2, -0.15) is 5.10 Å². The lowest BCUT2D eigenvalue weighted by molar-refractivity contribution is 0.0940. The van der Waals surface area contributed by atoms with E-state index in [1.807, 2.05) is 4.68 Å². The lowest BCUT2D eigenvalue weighted by Crippen LogP contribution is -2.29. The Kier molecular flexibility index (Phi) is 10.3. The van der Waals surface area contributed by atoms with Gasteiger partial charge in [0.15, 0.2) is 5.69 Å². The van der Waals surface area contributed by atoms with Gasteiger partial charge in [-0.3, -0.25) is 9.48 Å². The average Bonchev–Trinajstić information content (AvgIpc) is 3.08. The second-order valence-corrected chi connectivity index (χ2v) is 10.2. The number of aromatic nitrogens is 2. The molecule has 2 heterocycles. The van der Waals surface area contributed by atoms with Crippen molar-refractivity contribution in [2.75, 3.05) is 19.0 Å². The summed E-state index contributed by atoms with van der Waals surface area (Å²) >= 11 is 5.87. The normalized spacial score (nSPS) is 13.7. The highest BCUT2D eigenvalue weighted by Crippen LogP contribution is 2.37. The van der Waals surface area contributed by atoms with Crippen LogP contribution < -0.4 is 10.1 Å². The number of ether oxygens (including phenoxy) is 1. The number of nitrogens with one attached hydrogen (secondary N) is 1. The van der Waals surface area contributed by atoms with Crippen molar-refractivity contribution in [1.82, 2.24) is 15.1 Å². The number of aryl methyl sites for hydroxylation is 2. The van der Waals surface area contributed by atoms with Crippen molar-refractivity contribution in [3.8, 4) is 17.0 Å². The maximum absolute atomic E-state index is 13.3. The number of carbonyl (C=O) groups excluding carboxylic acids is 1. The van der Waals surface area contributed by atoms with Crippen LogP contribution in [0.25, 0.3) is 11.3 Å². The van der Waals surface area contributed by atoms with E-state index in [9.17, 15) is 4.79 Å². The van der Waals surface area contributed by atoms with Crippen LogP contribution in [0.15, 0.2) is 18.2 Å². The minimum atomic E-state index is -0.0688. The Morgan fingerprint density at radius 1 is 1.21 bits per heavy atom. The monoisotopic (exact) mass is 487 g/mol. The quantitative estimate of drug-likeness (QED) is 0.250. The van der Waals surface area contributed by atoms with E-state index < -0.39 is 0 Å². The van der Waals surface area contributed by atoms with Crippen molar-refractivity contribution in [2.45, 2.75) is 85.6 Å². The molecule has 34 heavy (non-hydrogen) atoms. The molecular weight excluding hydrogens is 446 g/mol. The van der Waals surface area contributed by atoms with Gasteiger partial charge in [-0.25, -0.2) is 0 Å². The summed E-state index contributed by atoms with van der Waals surface area (Å²) in [6, 6.07) is 6.29. The van der Waals surface area contributed by atoms with Crippen molar-refractivity contribution >= 4 is 17.5 Å². The van der Waals surface area contributed by atoms with E-state index in [2.05, 4.69) is 51.2 Å². The first-order valence-electron chi connectivity index (χ1n) is 13.2. The zero-order chi connectivity index (χ0) is 24.5. The molecule has 1 aliphatic heterocycles. The van der Waals surface area contributed by atoms with Crippen LogP contribution in [0.3, 0.4) is 0 Å². The maximum Gasteiger partial charge on any atom is 0.272 e. The summed E-state index contributed by atoms with van der Waals surface area (Å²) in [7, 11) is 0. The van der Waals surface area contributed by atoms with Crippen molar-refractivity contribution in [3.05, 3.63) is 35.0 Å². The van der Waals surface area contributed by atoms with Gasteiger partial charge in [-0.05, 0) is 55.7 Å². The summed E-state index contributed by atoms with van der Waals surface area (Å²) in [4.78, 5) is 13.3. The molecular formula is C28H42ClN3O2. The third-order valence-electron chi connectivity index (χ3n) is 7.10. The van der Waals surface area contributed by atoms with Gasteiger partial charge in [0, 0.05) is 36.5 Å². The molecule has 5 nitrogen and oxygen atoms in total. The molecule has 0 saturated heterocycles. The first kappa shape index (κ1) is 26.6. The zero-order valence-electron chi connectivity index (χ0n) is 21.5. The molecule has 3 rings (SSSR count). The smallest absolute Gasteiger partial charge is 0.272 e. The van der Waals surface area contributed by atoms with Crippen molar-refractivity contribution < 1.29 is 9.53 Å². The standard InChI is InChI=1S/C28H42ClN3O2/c1-5-22(6-2)12-10-21(4)19-30-28(33)26-24-14-17-34-25-18-20(3)11-13-23(25)27(24)32(31-26)16-9-7-8-15-29/h11,13,18,21-22H,5-10,12,14-17,19H2,1-4H3,(H,30,33). The van der Waals surface area contributed by atoms with E-state index in [0.29, 0.717) is 37.1 Å². The number of carbonyl (C=O) groups is 1. The molecule has 1 amide bonds. The number of rotatable bonds is 13. The third kappa shape index (κ3) is 6.78. The highest BCUT2D eigenvalue weighted by atomic mass is 35.5. The topological polar surface area (TPSA) is 56.2 Å². The molecule has 1 aliphatic rings. The summed E-state index contributed by atoms with van der Waals surface area (Å²) in [5.41, 5.74) is 4.78. The Bertz CT molecular complexity index is 936. The number of unbranched alkanes of at least 4 members (excludes halogenated alkanes) is 2. The molecule has 1 atom stereocenters. The van der Waals surface area contributed by atoms with Crippen LogP contribution >= 0.6 is 11.6 Å². The zero-order valence-corrected chi connectivity index (χ0v) is 22.2. The highest BCUT2D eigenvalue weighted by Gasteiger charge is 2.28. The number of alkyl halides is 1. The number of halogens is 1. The SMILES string of the molecule is CCC(CC)CCC(C)CNC(=O)c1nn(CCCCCCl)c2c1CCOc1cc(C)ccc1-2. The van der Waals surface area contributed by atoms with Gasteiger partial charge in [-0.1, -0.05) is 52.5 Å². The van der Waals surface area contributed by atoms with Crippen molar-refractivity contribution in [1.29, 1.82) is 0 Å². The number of hydrogen-bond donors (Lipinski definition) is 1. The molecule has 0 spiro atoms. The van der Waals surface area contributed by atoms with Gasteiger partial charge in [-0.15, -0.1) is 11.6 Å². The number of benzene rings is 1. The van der Waals surface area contributed by atoms with Crippen LogP contribution in [0, 0.1) is 18.8 Å². The third-order valence-corrected chi connectivity index (χ3v) is 7.37. The van der Waals surface area contributed by atoms with E-state index in [1.165, 1.54) is 19.3 Å². The molecule has 0 fully saturated rings. The minimum Gasteiger partial charge on any atom is -0.493 e. The fourth-order valence-electron chi connectivity index (χ4n) is 4.79. The fourth-order valence-corrected chi connectivity index (χ4v) is 4.98. The average molecular weight is 488 g/mol. The molecule has 1 aromatic heterocycles. The van der Waals surface area contributed by atoms with Crippen molar-refractivity contribution in [3.63, 3.8) is 0 Å². The summed E-state index contributed by atoms with van der Waals surface area (Å²) < 4.78 is 8.11. The summed E-state index contributed by atoms with van der Waals surface area (Å²) in [6.45, 7) is 10.8. The Balaban J connectivity index is 1.80. The summed E-state index contributed by atoms with van der Waals surface area (Å²) in [6.07, 6.45) is 8.52. The maximum atomic E-state index is 13.3. The first-order chi connectivity index (χ1) is 16.5. The number of hydrogen-bond acceptors (Lipinski definition) is 3. The predicted molar refractivity (Wildman–Crippen MR) is 141 cm³/mol. The second kappa shape index (κ2) is 13.2. The molecule has 0 saturated carbocycles. The highest BCUT2D eigenvalue weighted by molar-refractivity contribution is 6.17. The first-order valence-corrected chi connectivity index (χ1v) is 13.7. The van der Waals surface area contributed by atoms with Gasteiger partial charge in [0.1, 0.15) is 5.75 Å². The van der Waals surface area contributed by atoms with Gasteiger partial charge in [0.2, 0.25) is 0 Å². The molecule has 1 N–H and O–H groups in total. The van der Waals surface area contributed by atoms with E-state index in [4.69, 9.17) is 21.4 Å². The Labute approximate surface area is 210 Å². The second-order valence-electron chi connectivity index (χ2n) is 9.82. The van der Waals surface area contributed by atoms with E-state index in [0.717, 1.165) is 66.3 Å². The number of amides is 1. The Morgan fingerprint density at radius 3 is 2.74 bits per heavy atom. The molecule has 0 aliphatic carbocycles. The molecule has 0 radical (unpaired) electrons. The largest absolute Gasteiger partial charge is 0.493 e.